The lowest BCUT2D eigenvalue weighted by molar-refractivity contribution is 0.273. The molecule has 1 saturated heterocycles. The summed E-state index contributed by atoms with van der Waals surface area (Å²) in [6.07, 6.45) is 5.68. The Hall–Kier alpha value is -1.97. The van der Waals surface area contributed by atoms with Gasteiger partial charge in [0.15, 0.2) is 5.96 Å². The molecule has 1 aromatic carbocycles. The van der Waals surface area contributed by atoms with Crippen molar-refractivity contribution >= 4 is 16.9 Å². The van der Waals surface area contributed by atoms with Crippen molar-refractivity contribution < 1.29 is 0 Å². The van der Waals surface area contributed by atoms with Crippen LogP contribution in [0.3, 0.4) is 0 Å². The van der Waals surface area contributed by atoms with Crippen LogP contribution < -0.4 is 5.32 Å². The van der Waals surface area contributed by atoms with Crippen LogP contribution in [0, 0.1) is 12.8 Å². The second kappa shape index (κ2) is 7.07. The Balaban J connectivity index is 1.58. The molecule has 0 saturated carbocycles. The number of nitrogens with one attached hydrogen (secondary N) is 2. The number of nitrogens with zero attached hydrogens (tertiary/aromatic N) is 2. The van der Waals surface area contributed by atoms with Crippen LogP contribution in [0.4, 0.5) is 0 Å². The lowest BCUT2D eigenvalue weighted by atomic mass is 9.99. The molecule has 1 aliphatic rings. The van der Waals surface area contributed by atoms with Gasteiger partial charge in [-0.15, -0.1) is 0 Å². The van der Waals surface area contributed by atoms with E-state index in [4.69, 9.17) is 0 Å². The second-order valence-corrected chi connectivity index (χ2v) is 6.70. The van der Waals surface area contributed by atoms with Gasteiger partial charge in [-0.25, -0.2) is 0 Å². The molecule has 1 aliphatic heterocycles. The smallest absolute Gasteiger partial charge is 0.193 e. The molecule has 2 N–H and O–H groups in total. The van der Waals surface area contributed by atoms with Gasteiger partial charge in [0.1, 0.15) is 0 Å². The minimum Gasteiger partial charge on any atom is -0.361 e. The largest absolute Gasteiger partial charge is 0.361 e. The zero-order valence-corrected chi connectivity index (χ0v) is 14.5. The summed E-state index contributed by atoms with van der Waals surface area (Å²) < 4.78 is 0. The van der Waals surface area contributed by atoms with Crippen molar-refractivity contribution in [3.8, 4) is 0 Å². The number of fused-ring (bicyclic) bond motifs is 1. The number of H-pyrrole nitrogens is 1. The molecular weight excluding hydrogens is 284 g/mol. The second-order valence-electron chi connectivity index (χ2n) is 6.70. The lowest BCUT2D eigenvalue weighted by Crippen LogP contribution is -2.45. The van der Waals surface area contributed by atoms with Gasteiger partial charge in [-0.05, 0) is 43.2 Å². The summed E-state index contributed by atoms with van der Waals surface area (Å²) in [7, 11) is 1.88. The number of guanidine groups is 1. The fourth-order valence-electron chi connectivity index (χ4n) is 3.43. The molecular formula is C19H28N4. The Morgan fingerprint density at radius 1 is 1.35 bits per heavy atom. The molecule has 0 spiro atoms. The van der Waals surface area contributed by atoms with E-state index < -0.39 is 0 Å². The first-order valence-corrected chi connectivity index (χ1v) is 8.70. The Bertz CT molecular complexity index is 678. The minimum atomic E-state index is 0.846. The highest BCUT2D eigenvalue weighted by Crippen LogP contribution is 2.21. The maximum absolute atomic E-state index is 4.46. The number of para-hydroxylation sites is 1. The number of likely N-dealkylation sites (tertiary alicyclic amines) is 1. The Kier molecular flexibility index (Phi) is 4.89. The molecule has 0 amide bonds. The van der Waals surface area contributed by atoms with E-state index in [9.17, 15) is 0 Å². The number of rotatable bonds is 3. The van der Waals surface area contributed by atoms with Crippen molar-refractivity contribution in [2.75, 3.05) is 26.7 Å². The van der Waals surface area contributed by atoms with Crippen LogP contribution in [-0.4, -0.2) is 42.5 Å². The van der Waals surface area contributed by atoms with E-state index in [2.05, 4.69) is 58.4 Å². The number of aromatic amines is 1. The first-order valence-electron chi connectivity index (χ1n) is 8.70. The van der Waals surface area contributed by atoms with Crippen LogP contribution in [0.2, 0.25) is 0 Å². The summed E-state index contributed by atoms with van der Waals surface area (Å²) in [5, 5.41) is 4.87. The van der Waals surface area contributed by atoms with Gasteiger partial charge < -0.3 is 15.2 Å². The van der Waals surface area contributed by atoms with Gasteiger partial charge in [0.05, 0.1) is 0 Å². The molecule has 0 bridgehead atoms. The molecule has 1 fully saturated rings. The topological polar surface area (TPSA) is 43.4 Å². The van der Waals surface area contributed by atoms with Gasteiger partial charge in [-0.1, -0.05) is 25.1 Å². The number of aromatic nitrogens is 1. The average molecular weight is 312 g/mol. The standard InChI is InChI=1S/C19H28N4/c1-14-8-11-23(12-9-14)19(20-3)21-10-7-16-13-22-18-15(2)5-4-6-17(16)18/h4-6,13-14,22H,7-12H2,1-3H3,(H,20,21). The Morgan fingerprint density at radius 2 is 2.13 bits per heavy atom. The van der Waals surface area contributed by atoms with Crippen LogP contribution in [0.25, 0.3) is 10.9 Å². The molecule has 23 heavy (non-hydrogen) atoms. The summed E-state index contributed by atoms with van der Waals surface area (Å²) in [6, 6.07) is 6.49. The molecule has 2 heterocycles. The maximum atomic E-state index is 4.46. The van der Waals surface area contributed by atoms with Gasteiger partial charge >= 0.3 is 0 Å². The molecule has 2 aromatic rings. The van der Waals surface area contributed by atoms with E-state index in [1.54, 1.807) is 0 Å². The van der Waals surface area contributed by atoms with Crippen molar-refractivity contribution in [1.82, 2.24) is 15.2 Å². The molecule has 4 heteroatoms. The van der Waals surface area contributed by atoms with Crippen LogP contribution in [-0.2, 0) is 6.42 Å². The van der Waals surface area contributed by atoms with Gasteiger partial charge in [0.25, 0.3) is 0 Å². The number of aliphatic imine (C=N–C) groups is 1. The Labute approximate surface area is 139 Å². The van der Waals surface area contributed by atoms with E-state index in [1.807, 2.05) is 7.05 Å². The quantitative estimate of drug-likeness (QED) is 0.674. The molecule has 0 unspecified atom stereocenters. The normalized spacial score (nSPS) is 17.0. The fourth-order valence-corrected chi connectivity index (χ4v) is 3.43. The SMILES string of the molecule is CN=C(NCCc1c[nH]c2c(C)cccc12)N1CCC(C)CC1. The molecule has 0 radical (unpaired) electrons. The summed E-state index contributed by atoms with van der Waals surface area (Å²) in [5.41, 5.74) is 3.94. The van der Waals surface area contributed by atoms with E-state index in [1.165, 1.54) is 34.9 Å². The lowest BCUT2D eigenvalue weighted by Gasteiger charge is -2.32. The molecule has 1 aromatic heterocycles. The van der Waals surface area contributed by atoms with Gasteiger partial charge in [-0.3, -0.25) is 4.99 Å². The molecule has 4 nitrogen and oxygen atoms in total. The third-order valence-corrected chi connectivity index (χ3v) is 4.98. The first-order chi connectivity index (χ1) is 11.2. The van der Waals surface area contributed by atoms with E-state index in [0.717, 1.165) is 37.9 Å². The van der Waals surface area contributed by atoms with Crippen LogP contribution in [0.1, 0.15) is 30.9 Å². The fraction of sp³-hybridized carbons (Fsp3) is 0.526. The van der Waals surface area contributed by atoms with Crippen LogP contribution in [0.5, 0.6) is 0 Å². The molecule has 0 atom stereocenters. The number of hydrogen-bond acceptors (Lipinski definition) is 1. The highest BCUT2D eigenvalue weighted by molar-refractivity contribution is 5.86. The summed E-state index contributed by atoms with van der Waals surface area (Å²) in [6.45, 7) is 7.65. The van der Waals surface area contributed by atoms with Crippen LogP contribution >= 0.6 is 0 Å². The van der Waals surface area contributed by atoms with Crippen molar-refractivity contribution in [3.63, 3.8) is 0 Å². The zero-order chi connectivity index (χ0) is 16.2. The van der Waals surface area contributed by atoms with Crippen molar-refractivity contribution in [2.45, 2.75) is 33.1 Å². The number of piperidine rings is 1. The van der Waals surface area contributed by atoms with E-state index >= 15 is 0 Å². The summed E-state index contributed by atoms with van der Waals surface area (Å²) in [4.78, 5) is 10.3. The van der Waals surface area contributed by atoms with Gasteiger partial charge in [0.2, 0.25) is 0 Å². The number of hydrogen-bond donors (Lipinski definition) is 2. The van der Waals surface area contributed by atoms with Crippen molar-refractivity contribution in [1.29, 1.82) is 0 Å². The van der Waals surface area contributed by atoms with Crippen molar-refractivity contribution in [2.24, 2.45) is 10.9 Å². The molecule has 124 valence electrons. The predicted molar refractivity (Wildman–Crippen MR) is 98.1 cm³/mol. The average Bonchev–Trinajstić information content (AvgIpc) is 2.97. The maximum Gasteiger partial charge on any atom is 0.193 e. The highest BCUT2D eigenvalue weighted by atomic mass is 15.3. The molecule has 3 rings (SSSR count). The molecule has 0 aliphatic carbocycles. The number of benzene rings is 1. The highest BCUT2D eigenvalue weighted by Gasteiger charge is 2.18. The third kappa shape index (κ3) is 3.52. The van der Waals surface area contributed by atoms with E-state index in [0.29, 0.717) is 0 Å². The number of aryl methyl sites for hydroxylation is 1. The monoisotopic (exact) mass is 312 g/mol. The van der Waals surface area contributed by atoms with Crippen molar-refractivity contribution in [3.05, 3.63) is 35.5 Å². The Morgan fingerprint density at radius 3 is 2.87 bits per heavy atom. The summed E-state index contributed by atoms with van der Waals surface area (Å²) >= 11 is 0. The van der Waals surface area contributed by atoms with E-state index in [-0.39, 0.29) is 0 Å². The van der Waals surface area contributed by atoms with Gasteiger partial charge in [0, 0.05) is 43.8 Å². The predicted octanol–water partition coefficient (Wildman–Crippen LogP) is 3.33. The minimum absolute atomic E-state index is 0.846. The van der Waals surface area contributed by atoms with Crippen LogP contribution in [0.15, 0.2) is 29.4 Å². The zero-order valence-electron chi connectivity index (χ0n) is 14.5. The van der Waals surface area contributed by atoms with Gasteiger partial charge in [-0.2, -0.15) is 0 Å². The first kappa shape index (κ1) is 15.9. The third-order valence-electron chi connectivity index (χ3n) is 4.98. The summed E-state index contributed by atoms with van der Waals surface area (Å²) in [5.74, 6) is 1.90.